The first-order valence-corrected chi connectivity index (χ1v) is 7.62. The Balaban J connectivity index is 2.56. The highest BCUT2D eigenvalue weighted by Crippen LogP contribution is 2.30. The van der Waals surface area contributed by atoms with Crippen molar-refractivity contribution in [2.45, 2.75) is 15.5 Å². The molecule has 0 radical (unpaired) electrons. The van der Waals surface area contributed by atoms with E-state index in [0.717, 1.165) is 6.42 Å². The van der Waals surface area contributed by atoms with Crippen LogP contribution in [-0.2, 0) is 6.42 Å². The summed E-state index contributed by atoms with van der Waals surface area (Å²) < 4.78 is -0.579. The third kappa shape index (κ3) is 5.07. The van der Waals surface area contributed by atoms with Gasteiger partial charge in [-0.2, -0.15) is 5.10 Å². The van der Waals surface area contributed by atoms with E-state index in [4.69, 9.17) is 0 Å². The molecule has 1 aromatic heterocycles. The Kier molecular flexibility index (Phi) is 5.63. The van der Waals surface area contributed by atoms with Gasteiger partial charge in [-0.3, -0.25) is 4.79 Å². The topological polar surface area (TPSA) is 41.5 Å². The van der Waals surface area contributed by atoms with Gasteiger partial charge in [-0.15, -0.1) is 11.3 Å². The molecule has 0 aromatic carbocycles. The molecule has 0 fully saturated rings. The van der Waals surface area contributed by atoms with Gasteiger partial charge in [0.05, 0.1) is 11.1 Å². The zero-order valence-corrected chi connectivity index (χ0v) is 13.9. The van der Waals surface area contributed by atoms with E-state index in [9.17, 15) is 4.79 Å². The first-order valence-electron chi connectivity index (χ1n) is 4.42. The molecule has 1 heterocycles. The largest absolute Gasteiger partial charge is 0.281 e. The van der Waals surface area contributed by atoms with Gasteiger partial charge in [-0.1, -0.05) is 54.7 Å². The van der Waals surface area contributed by atoms with Crippen LogP contribution in [0.15, 0.2) is 17.2 Å². The SMILES string of the molecule is CCc1ccc(C(=O)N/N=C\C(Br)(Br)Br)s1. The number of nitrogens with zero attached hydrogens (tertiary/aromatic N) is 1. The van der Waals surface area contributed by atoms with Crippen molar-refractivity contribution in [3.63, 3.8) is 0 Å². The summed E-state index contributed by atoms with van der Waals surface area (Å²) in [4.78, 5) is 13.4. The average molecular weight is 433 g/mol. The molecule has 0 bridgehead atoms. The maximum atomic E-state index is 11.6. The monoisotopic (exact) mass is 430 g/mol. The second kappa shape index (κ2) is 6.28. The third-order valence-electron chi connectivity index (χ3n) is 1.61. The van der Waals surface area contributed by atoms with Gasteiger partial charge in [0.1, 0.15) is 0 Å². The highest BCUT2D eigenvalue weighted by atomic mass is 80.0. The van der Waals surface area contributed by atoms with Gasteiger partial charge in [-0.25, -0.2) is 5.43 Å². The maximum absolute atomic E-state index is 11.6. The molecule has 0 unspecified atom stereocenters. The zero-order valence-electron chi connectivity index (χ0n) is 8.34. The lowest BCUT2D eigenvalue weighted by molar-refractivity contribution is 0.0959. The molecule has 0 aliphatic carbocycles. The van der Waals surface area contributed by atoms with E-state index in [1.807, 2.05) is 6.07 Å². The number of amides is 1. The molecule has 1 N–H and O–H groups in total. The highest BCUT2D eigenvalue weighted by molar-refractivity contribution is 9.40. The summed E-state index contributed by atoms with van der Waals surface area (Å²) in [6.45, 7) is 2.06. The second-order valence-corrected chi connectivity index (χ2v) is 11.0. The Morgan fingerprint density at radius 1 is 1.56 bits per heavy atom. The normalized spacial score (nSPS) is 12.0. The summed E-state index contributed by atoms with van der Waals surface area (Å²) in [6, 6.07) is 3.76. The second-order valence-electron chi connectivity index (χ2n) is 2.86. The predicted octanol–water partition coefficient (Wildman–Crippen LogP) is 3.86. The molecular weight excluding hydrogens is 424 g/mol. The number of carbonyl (C=O) groups excluding carboxylic acids is 1. The molecule has 1 rings (SSSR count). The van der Waals surface area contributed by atoms with Crippen LogP contribution in [0, 0.1) is 0 Å². The zero-order chi connectivity index (χ0) is 12.2. The van der Waals surface area contributed by atoms with E-state index in [1.54, 1.807) is 6.07 Å². The summed E-state index contributed by atoms with van der Waals surface area (Å²) in [5.74, 6) is -0.197. The lowest BCUT2D eigenvalue weighted by Gasteiger charge is -2.02. The van der Waals surface area contributed by atoms with Crippen molar-refractivity contribution in [2.24, 2.45) is 5.10 Å². The van der Waals surface area contributed by atoms with Crippen molar-refractivity contribution < 1.29 is 4.79 Å². The molecule has 3 nitrogen and oxygen atoms in total. The van der Waals surface area contributed by atoms with Crippen molar-refractivity contribution in [1.82, 2.24) is 5.43 Å². The van der Waals surface area contributed by atoms with Crippen molar-refractivity contribution in [3.8, 4) is 0 Å². The summed E-state index contributed by atoms with van der Waals surface area (Å²) >= 11 is 11.2. The number of nitrogens with one attached hydrogen (secondary N) is 1. The molecule has 0 aliphatic rings. The standard InChI is InChI=1S/C9H9Br3N2OS/c1-2-6-3-4-7(16-6)8(15)14-13-5-9(10,11)12/h3-5H,2H2,1H3,(H,14,15)/b13-5-. The number of aryl methyl sites for hydroxylation is 1. The van der Waals surface area contributed by atoms with Gasteiger partial charge in [-0.05, 0) is 18.6 Å². The van der Waals surface area contributed by atoms with E-state index >= 15 is 0 Å². The van der Waals surface area contributed by atoms with Gasteiger partial charge in [0.2, 0.25) is 0 Å². The Morgan fingerprint density at radius 3 is 2.75 bits per heavy atom. The molecular formula is C9H9Br3N2OS. The van der Waals surface area contributed by atoms with E-state index in [2.05, 4.69) is 65.2 Å². The maximum Gasteiger partial charge on any atom is 0.281 e. The van der Waals surface area contributed by atoms with Crippen molar-refractivity contribution in [1.29, 1.82) is 0 Å². The number of carbonyl (C=O) groups is 1. The van der Waals surface area contributed by atoms with Crippen LogP contribution in [0.4, 0.5) is 0 Å². The minimum atomic E-state index is -0.579. The molecule has 1 amide bonds. The van der Waals surface area contributed by atoms with Crippen molar-refractivity contribution in [3.05, 3.63) is 21.9 Å². The van der Waals surface area contributed by atoms with E-state index in [1.165, 1.54) is 22.4 Å². The summed E-state index contributed by atoms with van der Waals surface area (Å²) in [5, 5.41) is 3.80. The smallest absolute Gasteiger partial charge is 0.266 e. The van der Waals surface area contributed by atoms with Crippen molar-refractivity contribution >= 4 is 71.2 Å². The van der Waals surface area contributed by atoms with Crippen LogP contribution >= 0.6 is 59.1 Å². The van der Waals surface area contributed by atoms with Gasteiger partial charge >= 0.3 is 0 Å². The minimum absolute atomic E-state index is 0.197. The molecule has 16 heavy (non-hydrogen) atoms. The summed E-state index contributed by atoms with van der Waals surface area (Å²) in [5.41, 5.74) is 2.44. The fraction of sp³-hybridized carbons (Fsp3) is 0.333. The van der Waals surface area contributed by atoms with Crippen LogP contribution in [0.2, 0.25) is 0 Å². The number of rotatable bonds is 3. The number of halogens is 3. The van der Waals surface area contributed by atoms with Crippen LogP contribution in [0.5, 0.6) is 0 Å². The third-order valence-corrected chi connectivity index (χ3v) is 3.45. The van der Waals surface area contributed by atoms with Crippen LogP contribution in [-0.4, -0.2) is 14.3 Å². The molecule has 0 aliphatic heterocycles. The number of hydrogen-bond donors (Lipinski definition) is 1. The fourth-order valence-electron chi connectivity index (χ4n) is 0.909. The molecule has 0 atom stereocenters. The van der Waals surface area contributed by atoms with Crippen LogP contribution in [0.1, 0.15) is 21.5 Å². The Morgan fingerprint density at radius 2 is 2.25 bits per heavy atom. The fourth-order valence-corrected chi connectivity index (χ4v) is 2.05. The number of alkyl halides is 3. The van der Waals surface area contributed by atoms with Gasteiger partial charge < -0.3 is 0 Å². The summed E-state index contributed by atoms with van der Waals surface area (Å²) in [7, 11) is 0. The first kappa shape index (κ1) is 14.3. The highest BCUT2D eigenvalue weighted by Gasteiger charge is 2.14. The predicted molar refractivity (Wildman–Crippen MR) is 79.2 cm³/mol. The minimum Gasteiger partial charge on any atom is -0.266 e. The van der Waals surface area contributed by atoms with Crippen LogP contribution < -0.4 is 5.43 Å². The Bertz CT molecular complexity index is 398. The van der Waals surface area contributed by atoms with Gasteiger partial charge in [0, 0.05) is 4.88 Å². The Hall–Kier alpha value is 0.280. The van der Waals surface area contributed by atoms with Gasteiger partial charge in [0.25, 0.3) is 5.91 Å². The van der Waals surface area contributed by atoms with Crippen molar-refractivity contribution in [2.75, 3.05) is 0 Å². The summed E-state index contributed by atoms with van der Waals surface area (Å²) in [6.07, 6.45) is 2.42. The molecule has 0 spiro atoms. The quantitative estimate of drug-likeness (QED) is 0.440. The Labute approximate surface area is 123 Å². The lowest BCUT2D eigenvalue weighted by Crippen LogP contribution is -2.17. The van der Waals surface area contributed by atoms with Crippen LogP contribution in [0.3, 0.4) is 0 Å². The van der Waals surface area contributed by atoms with E-state index in [-0.39, 0.29) is 5.91 Å². The molecule has 0 saturated carbocycles. The van der Waals surface area contributed by atoms with Gasteiger partial charge in [0.15, 0.2) is 2.14 Å². The molecule has 0 saturated heterocycles. The van der Waals surface area contributed by atoms with E-state index < -0.39 is 2.14 Å². The number of hydrogen-bond acceptors (Lipinski definition) is 3. The first-order chi connectivity index (χ1) is 7.42. The lowest BCUT2D eigenvalue weighted by atomic mass is 10.3. The van der Waals surface area contributed by atoms with Crippen LogP contribution in [0.25, 0.3) is 0 Å². The molecule has 88 valence electrons. The van der Waals surface area contributed by atoms with E-state index in [0.29, 0.717) is 4.88 Å². The molecule has 1 aromatic rings. The number of hydrazone groups is 1. The average Bonchev–Trinajstić information content (AvgIpc) is 2.63. The number of thiophene rings is 1. The molecule has 7 heteroatoms.